The molecule has 1 aliphatic rings. The lowest BCUT2D eigenvalue weighted by Crippen LogP contribution is -2.44. The van der Waals surface area contributed by atoms with Gasteiger partial charge in [0.15, 0.2) is 0 Å². The van der Waals surface area contributed by atoms with Gasteiger partial charge >= 0.3 is 0 Å². The van der Waals surface area contributed by atoms with Crippen LogP contribution in [0, 0.1) is 6.92 Å². The van der Waals surface area contributed by atoms with Gasteiger partial charge in [-0.05, 0) is 31.7 Å². The number of aromatic nitrogens is 1. The van der Waals surface area contributed by atoms with Crippen molar-refractivity contribution in [2.24, 2.45) is 0 Å². The van der Waals surface area contributed by atoms with Gasteiger partial charge in [-0.15, -0.1) is 11.3 Å². The molecule has 2 N–H and O–H groups in total. The zero-order valence-corrected chi connectivity index (χ0v) is 18.5. The normalized spacial score (nSPS) is 18.0. The smallest absolute Gasteiger partial charge is 0.220 e. The molecule has 6 heteroatoms. The number of rotatable bonds is 8. The Morgan fingerprint density at radius 1 is 1.16 bits per heavy atom. The Balaban J connectivity index is 1.35. The van der Waals surface area contributed by atoms with Gasteiger partial charge in [0.1, 0.15) is 0 Å². The molecule has 2 heterocycles. The first-order valence-corrected chi connectivity index (χ1v) is 11.5. The van der Waals surface area contributed by atoms with Crippen LogP contribution in [0.1, 0.15) is 41.7 Å². The Labute approximate surface area is 186 Å². The lowest BCUT2D eigenvalue weighted by molar-refractivity contribution is -0.122. The molecule has 2 amide bonds. The van der Waals surface area contributed by atoms with Crippen molar-refractivity contribution in [2.75, 3.05) is 0 Å². The van der Waals surface area contributed by atoms with Crippen LogP contribution in [0.4, 0.5) is 0 Å². The van der Waals surface area contributed by atoms with Gasteiger partial charge in [-0.1, -0.05) is 60.2 Å². The van der Waals surface area contributed by atoms with Crippen molar-refractivity contribution in [3.8, 4) is 11.3 Å². The minimum absolute atomic E-state index is 0.00292. The summed E-state index contributed by atoms with van der Waals surface area (Å²) in [7, 11) is 0. The van der Waals surface area contributed by atoms with Crippen molar-refractivity contribution in [3.63, 3.8) is 0 Å². The fraction of sp³-hybridized carbons (Fsp3) is 0.320. The highest BCUT2D eigenvalue weighted by Crippen LogP contribution is 2.30. The van der Waals surface area contributed by atoms with E-state index in [4.69, 9.17) is 0 Å². The van der Waals surface area contributed by atoms with Crippen LogP contribution >= 0.6 is 11.3 Å². The highest BCUT2D eigenvalue weighted by Gasteiger charge is 2.37. The molecule has 3 aromatic rings. The molecular formula is C25H27N3O2S. The molecule has 1 saturated heterocycles. The number of carbonyl (C=O) groups excluding carboxylic acids is 2. The van der Waals surface area contributed by atoms with Crippen molar-refractivity contribution in [2.45, 2.75) is 51.1 Å². The highest BCUT2D eigenvalue weighted by molar-refractivity contribution is 7.10. The van der Waals surface area contributed by atoms with E-state index in [1.165, 1.54) is 11.1 Å². The molecule has 4 rings (SSSR count). The number of carbonyl (C=O) groups is 2. The van der Waals surface area contributed by atoms with Crippen LogP contribution in [-0.2, 0) is 22.6 Å². The maximum Gasteiger partial charge on any atom is 0.220 e. The minimum atomic E-state index is -0.344. The van der Waals surface area contributed by atoms with Crippen molar-refractivity contribution in [1.82, 2.24) is 15.6 Å². The molecule has 5 nitrogen and oxygen atoms in total. The van der Waals surface area contributed by atoms with E-state index in [0.717, 1.165) is 29.0 Å². The zero-order valence-electron chi connectivity index (χ0n) is 17.7. The fourth-order valence-corrected chi connectivity index (χ4v) is 4.85. The van der Waals surface area contributed by atoms with Crippen LogP contribution in [0.3, 0.4) is 0 Å². The summed E-state index contributed by atoms with van der Waals surface area (Å²) in [6, 6.07) is 18.4. The van der Waals surface area contributed by atoms with Crippen molar-refractivity contribution < 1.29 is 9.59 Å². The van der Waals surface area contributed by atoms with Crippen LogP contribution in [0.2, 0.25) is 0 Å². The van der Waals surface area contributed by atoms with Crippen LogP contribution < -0.4 is 10.6 Å². The first-order valence-electron chi connectivity index (χ1n) is 10.6. The molecule has 0 bridgehead atoms. The maximum atomic E-state index is 12.6. The number of aryl methyl sites for hydroxylation is 1. The van der Waals surface area contributed by atoms with Crippen molar-refractivity contribution in [3.05, 3.63) is 76.1 Å². The van der Waals surface area contributed by atoms with Crippen LogP contribution in [0.5, 0.6) is 0 Å². The van der Waals surface area contributed by atoms with Crippen LogP contribution in [-0.4, -0.2) is 22.3 Å². The molecule has 160 valence electrons. The second-order valence-corrected chi connectivity index (χ2v) is 9.20. The van der Waals surface area contributed by atoms with Gasteiger partial charge in [0.05, 0.1) is 22.6 Å². The van der Waals surface area contributed by atoms with E-state index >= 15 is 0 Å². The third-order valence-electron chi connectivity index (χ3n) is 5.86. The molecule has 1 fully saturated rings. The molecule has 1 aliphatic heterocycles. The summed E-state index contributed by atoms with van der Waals surface area (Å²) in [6.07, 6.45) is 3.05. The number of nitrogens with one attached hydrogen (secondary N) is 2. The predicted octanol–water partition coefficient (Wildman–Crippen LogP) is 4.41. The number of hydrogen-bond donors (Lipinski definition) is 2. The Morgan fingerprint density at radius 3 is 2.65 bits per heavy atom. The Hall–Kier alpha value is -2.99. The van der Waals surface area contributed by atoms with E-state index in [9.17, 15) is 9.59 Å². The molecule has 0 aliphatic carbocycles. The predicted molar refractivity (Wildman–Crippen MR) is 124 cm³/mol. The molecular weight excluding hydrogens is 406 g/mol. The summed E-state index contributed by atoms with van der Waals surface area (Å²) in [5.74, 6) is 0.0709. The van der Waals surface area contributed by atoms with Gasteiger partial charge < -0.3 is 10.6 Å². The monoisotopic (exact) mass is 433 g/mol. The van der Waals surface area contributed by atoms with Crippen molar-refractivity contribution in [1.29, 1.82) is 0 Å². The fourth-order valence-electron chi connectivity index (χ4n) is 4.13. The van der Waals surface area contributed by atoms with Crippen molar-refractivity contribution >= 4 is 23.2 Å². The molecule has 0 spiro atoms. The largest absolute Gasteiger partial charge is 0.351 e. The maximum absolute atomic E-state index is 12.6. The first-order chi connectivity index (χ1) is 15.0. The summed E-state index contributed by atoms with van der Waals surface area (Å²) >= 11 is 1.55. The lowest BCUT2D eigenvalue weighted by atomic mass is 9.84. The number of hydrogen-bond acceptors (Lipinski definition) is 4. The summed E-state index contributed by atoms with van der Waals surface area (Å²) in [5, 5.41) is 6.20. The molecule has 1 atom stereocenters. The SMILES string of the molecule is Cc1ccc(C[C@@]2(CCC(=O)NCc3scnc3-c3ccccc3)CCC(=O)N2)cc1. The molecule has 0 radical (unpaired) electrons. The van der Waals surface area contributed by atoms with Gasteiger partial charge in [0.2, 0.25) is 11.8 Å². The van der Waals surface area contributed by atoms with Crippen LogP contribution in [0.15, 0.2) is 60.1 Å². The number of benzene rings is 2. The first kappa shape index (κ1) is 21.2. The van der Waals surface area contributed by atoms with E-state index in [1.54, 1.807) is 11.3 Å². The molecule has 2 aromatic carbocycles. The topological polar surface area (TPSA) is 71.1 Å². The summed E-state index contributed by atoms with van der Waals surface area (Å²) in [6.45, 7) is 2.53. The molecule has 1 aromatic heterocycles. The van der Waals surface area contributed by atoms with E-state index in [2.05, 4.69) is 46.8 Å². The number of nitrogens with zero attached hydrogens (tertiary/aromatic N) is 1. The number of amides is 2. The summed E-state index contributed by atoms with van der Waals surface area (Å²) in [5.41, 5.74) is 5.84. The van der Waals surface area contributed by atoms with Gasteiger partial charge in [-0.25, -0.2) is 4.98 Å². The Kier molecular flexibility index (Phi) is 6.47. The van der Waals surface area contributed by atoms with E-state index < -0.39 is 0 Å². The van der Waals surface area contributed by atoms with Crippen LogP contribution in [0.25, 0.3) is 11.3 Å². The zero-order chi connectivity index (χ0) is 21.7. The van der Waals surface area contributed by atoms with Gasteiger partial charge in [-0.3, -0.25) is 9.59 Å². The molecule has 0 saturated carbocycles. The quantitative estimate of drug-likeness (QED) is 0.553. The second-order valence-electron chi connectivity index (χ2n) is 8.26. The second kappa shape index (κ2) is 9.43. The van der Waals surface area contributed by atoms with Gasteiger partial charge in [0.25, 0.3) is 0 Å². The van der Waals surface area contributed by atoms with E-state index in [-0.39, 0.29) is 17.4 Å². The average molecular weight is 434 g/mol. The Bertz CT molecular complexity index is 1050. The molecule has 0 unspecified atom stereocenters. The van der Waals surface area contributed by atoms with E-state index in [1.807, 2.05) is 35.8 Å². The average Bonchev–Trinajstić information content (AvgIpc) is 3.40. The lowest BCUT2D eigenvalue weighted by Gasteiger charge is -2.29. The minimum Gasteiger partial charge on any atom is -0.351 e. The van der Waals surface area contributed by atoms with E-state index in [0.29, 0.717) is 25.8 Å². The number of thiazole rings is 1. The summed E-state index contributed by atoms with van der Waals surface area (Å²) in [4.78, 5) is 30.1. The van der Waals surface area contributed by atoms with Gasteiger partial charge in [0, 0.05) is 23.9 Å². The molecule has 31 heavy (non-hydrogen) atoms. The highest BCUT2D eigenvalue weighted by atomic mass is 32.1. The standard InChI is InChI=1S/C25H27N3O2S/c1-18-7-9-19(10-8-18)15-25(14-12-23(30)28-25)13-11-22(29)26-16-21-24(27-17-31-21)20-5-3-2-4-6-20/h2-10,17H,11-16H2,1H3,(H,26,29)(H,28,30)/t25-/m1/s1. The third-order valence-corrected chi connectivity index (χ3v) is 6.70. The van der Waals surface area contributed by atoms with Gasteiger partial charge in [-0.2, -0.15) is 0 Å². The Morgan fingerprint density at radius 2 is 1.94 bits per heavy atom. The summed E-state index contributed by atoms with van der Waals surface area (Å²) < 4.78 is 0. The third kappa shape index (κ3) is 5.39.